The SMILES string of the molecule is COC(=O)/C=C/C[C@H](CCC1(C)OCCO1)NS(=O)c1ccc(C)cc1. The van der Waals surface area contributed by atoms with Gasteiger partial charge in [0, 0.05) is 18.5 Å². The lowest BCUT2D eigenvalue weighted by Crippen LogP contribution is -2.34. The summed E-state index contributed by atoms with van der Waals surface area (Å²) in [6.07, 6.45) is 5.02. The van der Waals surface area contributed by atoms with Crippen LogP contribution < -0.4 is 4.72 Å². The van der Waals surface area contributed by atoms with E-state index in [9.17, 15) is 9.00 Å². The van der Waals surface area contributed by atoms with Crippen molar-refractivity contribution >= 4 is 17.0 Å². The number of esters is 1. The molecule has 1 saturated heterocycles. The second-order valence-corrected chi connectivity index (χ2v) is 7.67. The molecule has 1 aliphatic rings. The van der Waals surface area contributed by atoms with Crippen LogP contribution in [-0.2, 0) is 30.0 Å². The number of aryl methyl sites for hydroxylation is 1. The number of hydrogen-bond donors (Lipinski definition) is 1. The zero-order chi connectivity index (χ0) is 19.0. The summed E-state index contributed by atoms with van der Waals surface area (Å²) in [5.41, 5.74) is 1.12. The second kappa shape index (κ2) is 9.97. The summed E-state index contributed by atoms with van der Waals surface area (Å²) in [7, 11) is 0.00181. The predicted octanol–water partition coefficient (Wildman–Crippen LogP) is 2.64. The maximum absolute atomic E-state index is 12.6. The first-order valence-electron chi connectivity index (χ1n) is 8.69. The topological polar surface area (TPSA) is 73.9 Å². The molecule has 0 aliphatic carbocycles. The Kier molecular flexibility index (Phi) is 7.96. The Morgan fingerprint density at radius 3 is 2.62 bits per heavy atom. The van der Waals surface area contributed by atoms with Crippen LogP contribution in [-0.4, -0.2) is 42.3 Å². The third-order valence-electron chi connectivity index (χ3n) is 4.23. The number of carbonyl (C=O) groups is 1. The van der Waals surface area contributed by atoms with Crippen LogP contribution in [0.4, 0.5) is 0 Å². The lowest BCUT2D eigenvalue weighted by Gasteiger charge is -2.25. The summed E-state index contributed by atoms with van der Waals surface area (Å²) < 4.78 is 31.6. The van der Waals surface area contributed by atoms with E-state index in [1.54, 1.807) is 6.08 Å². The second-order valence-electron chi connectivity index (χ2n) is 6.43. The zero-order valence-electron chi connectivity index (χ0n) is 15.5. The molecular formula is C19H27NO5S. The minimum Gasteiger partial charge on any atom is -0.466 e. The van der Waals surface area contributed by atoms with Crippen molar-refractivity contribution in [2.75, 3.05) is 20.3 Å². The molecule has 0 spiro atoms. The van der Waals surface area contributed by atoms with E-state index in [0.717, 1.165) is 10.5 Å². The maximum atomic E-state index is 12.6. The average Bonchev–Trinajstić information content (AvgIpc) is 3.06. The largest absolute Gasteiger partial charge is 0.466 e. The van der Waals surface area contributed by atoms with E-state index in [2.05, 4.69) is 9.46 Å². The standard InChI is InChI=1S/C19H27NO5S/c1-15-7-9-17(10-8-15)26(22)20-16(5-4-6-18(21)23-3)11-12-19(2)24-13-14-25-19/h4,6-10,16,20H,5,11-14H2,1-3H3/b6-4+/t16-,26?/m1/s1. The highest BCUT2D eigenvalue weighted by Gasteiger charge is 2.31. The fourth-order valence-electron chi connectivity index (χ4n) is 2.64. The monoisotopic (exact) mass is 381 g/mol. The van der Waals surface area contributed by atoms with Crippen LogP contribution in [0.15, 0.2) is 41.3 Å². The number of hydrogen-bond acceptors (Lipinski definition) is 5. The minimum atomic E-state index is -1.34. The number of benzene rings is 1. The smallest absolute Gasteiger partial charge is 0.330 e. The number of ether oxygens (including phenoxy) is 3. The molecule has 1 N–H and O–H groups in total. The number of carbonyl (C=O) groups excluding carboxylic acids is 1. The summed E-state index contributed by atoms with van der Waals surface area (Å²) in [6.45, 7) is 5.08. The van der Waals surface area contributed by atoms with Crippen LogP contribution in [0.2, 0.25) is 0 Å². The minimum absolute atomic E-state index is 0.0948. The first-order chi connectivity index (χ1) is 12.4. The predicted molar refractivity (Wildman–Crippen MR) is 99.8 cm³/mol. The van der Waals surface area contributed by atoms with Gasteiger partial charge in [-0.2, -0.15) is 0 Å². The van der Waals surface area contributed by atoms with Crippen LogP contribution >= 0.6 is 0 Å². The fraction of sp³-hybridized carbons (Fsp3) is 0.526. The molecule has 2 rings (SSSR count). The van der Waals surface area contributed by atoms with E-state index in [1.807, 2.05) is 38.1 Å². The van der Waals surface area contributed by atoms with Crippen molar-refractivity contribution in [2.24, 2.45) is 0 Å². The van der Waals surface area contributed by atoms with Crippen molar-refractivity contribution in [3.63, 3.8) is 0 Å². The lowest BCUT2D eigenvalue weighted by molar-refractivity contribution is -0.148. The Balaban J connectivity index is 1.98. The molecule has 144 valence electrons. The Hall–Kier alpha value is -1.54. The fourth-order valence-corrected chi connectivity index (χ4v) is 3.68. The third kappa shape index (κ3) is 6.64. The van der Waals surface area contributed by atoms with Crippen LogP contribution in [0.1, 0.15) is 31.7 Å². The van der Waals surface area contributed by atoms with Crippen molar-refractivity contribution in [2.45, 2.75) is 49.8 Å². The van der Waals surface area contributed by atoms with Crippen LogP contribution in [0.3, 0.4) is 0 Å². The molecule has 1 heterocycles. The lowest BCUT2D eigenvalue weighted by atomic mass is 10.0. The van der Waals surface area contributed by atoms with Gasteiger partial charge >= 0.3 is 5.97 Å². The molecule has 26 heavy (non-hydrogen) atoms. The van der Waals surface area contributed by atoms with Gasteiger partial charge in [0.25, 0.3) is 0 Å². The molecule has 0 aromatic heterocycles. The van der Waals surface area contributed by atoms with Gasteiger partial charge in [-0.05, 0) is 38.8 Å². The molecule has 1 aliphatic heterocycles. The van der Waals surface area contributed by atoms with E-state index in [-0.39, 0.29) is 6.04 Å². The van der Waals surface area contributed by atoms with Crippen molar-refractivity contribution in [1.82, 2.24) is 4.72 Å². The third-order valence-corrected chi connectivity index (χ3v) is 5.48. The van der Waals surface area contributed by atoms with Crippen LogP contribution in [0, 0.1) is 6.92 Å². The van der Waals surface area contributed by atoms with E-state index in [0.29, 0.717) is 32.5 Å². The molecule has 7 heteroatoms. The highest BCUT2D eigenvalue weighted by atomic mass is 32.2. The Morgan fingerprint density at radius 1 is 1.35 bits per heavy atom. The summed E-state index contributed by atoms with van der Waals surface area (Å²) >= 11 is 0. The van der Waals surface area contributed by atoms with Crippen LogP contribution in [0.25, 0.3) is 0 Å². The van der Waals surface area contributed by atoms with E-state index < -0.39 is 22.7 Å². The van der Waals surface area contributed by atoms with E-state index >= 15 is 0 Å². The van der Waals surface area contributed by atoms with Gasteiger partial charge in [-0.3, -0.25) is 0 Å². The molecule has 0 bridgehead atoms. The highest BCUT2D eigenvalue weighted by molar-refractivity contribution is 7.83. The van der Waals surface area contributed by atoms with Gasteiger partial charge in [0.2, 0.25) is 0 Å². The first kappa shape index (κ1) is 20.8. The van der Waals surface area contributed by atoms with Gasteiger partial charge in [0.1, 0.15) is 11.0 Å². The molecule has 0 amide bonds. The number of rotatable bonds is 9. The summed E-state index contributed by atoms with van der Waals surface area (Å²) in [6, 6.07) is 7.47. The molecule has 0 radical (unpaired) electrons. The Labute approximate surface area is 157 Å². The van der Waals surface area contributed by atoms with E-state index in [4.69, 9.17) is 9.47 Å². The van der Waals surface area contributed by atoms with Crippen molar-refractivity contribution in [3.8, 4) is 0 Å². The molecule has 1 unspecified atom stereocenters. The van der Waals surface area contributed by atoms with Gasteiger partial charge in [0.05, 0.1) is 25.2 Å². The molecule has 2 atom stereocenters. The molecule has 0 saturated carbocycles. The highest BCUT2D eigenvalue weighted by Crippen LogP contribution is 2.25. The normalized spacial score (nSPS) is 18.7. The molecule has 6 nitrogen and oxygen atoms in total. The Morgan fingerprint density at radius 2 is 2.00 bits per heavy atom. The Bertz CT molecular complexity index is 638. The first-order valence-corrected chi connectivity index (χ1v) is 9.84. The molecule has 1 fully saturated rings. The van der Waals surface area contributed by atoms with Gasteiger partial charge in [0.15, 0.2) is 5.79 Å². The summed E-state index contributed by atoms with van der Waals surface area (Å²) in [4.78, 5) is 12.0. The van der Waals surface area contributed by atoms with Crippen molar-refractivity contribution < 1.29 is 23.2 Å². The zero-order valence-corrected chi connectivity index (χ0v) is 16.3. The van der Waals surface area contributed by atoms with Gasteiger partial charge in [-0.1, -0.05) is 23.8 Å². The number of nitrogens with one attached hydrogen (secondary N) is 1. The van der Waals surface area contributed by atoms with Crippen LogP contribution in [0.5, 0.6) is 0 Å². The van der Waals surface area contributed by atoms with Gasteiger partial charge < -0.3 is 14.2 Å². The van der Waals surface area contributed by atoms with Gasteiger partial charge in [-0.25, -0.2) is 13.7 Å². The average molecular weight is 381 g/mol. The van der Waals surface area contributed by atoms with E-state index in [1.165, 1.54) is 13.2 Å². The summed E-state index contributed by atoms with van der Waals surface area (Å²) in [5.74, 6) is -1.00. The molecule has 1 aromatic rings. The quantitative estimate of drug-likeness (QED) is 0.526. The number of methoxy groups -OCH3 is 1. The maximum Gasteiger partial charge on any atom is 0.330 e. The molecule has 1 aromatic carbocycles. The van der Waals surface area contributed by atoms with Crippen molar-refractivity contribution in [1.29, 1.82) is 0 Å². The van der Waals surface area contributed by atoms with Crippen molar-refractivity contribution in [3.05, 3.63) is 42.0 Å². The molecular weight excluding hydrogens is 354 g/mol. The van der Waals surface area contributed by atoms with Gasteiger partial charge in [-0.15, -0.1) is 0 Å². The summed E-state index contributed by atoms with van der Waals surface area (Å²) in [5, 5.41) is 0.